The standard InChI is InChI=1S/C14H16FN3O2S/c1-18(9-7-12-4-2-3-8-17-12)21(19,20)14-10-11(15)5-6-13(14)16/h2-6,8,10H,7,9,16H2,1H3. The molecule has 0 aliphatic heterocycles. The second-order valence-electron chi connectivity index (χ2n) is 4.58. The Hall–Kier alpha value is -1.99. The highest BCUT2D eigenvalue weighted by atomic mass is 32.2. The Balaban J connectivity index is 2.17. The van der Waals surface area contributed by atoms with Gasteiger partial charge in [-0.25, -0.2) is 17.1 Å². The molecule has 1 aromatic heterocycles. The zero-order valence-corrected chi connectivity index (χ0v) is 12.3. The predicted octanol–water partition coefficient (Wildman–Crippen LogP) is 1.67. The van der Waals surface area contributed by atoms with E-state index < -0.39 is 15.8 Å². The van der Waals surface area contributed by atoms with Crippen molar-refractivity contribution in [1.82, 2.24) is 9.29 Å². The Bertz CT molecular complexity index is 720. The van der Waals surface area contributed by atoms with E-state index in [-0.39, 0.29) is 17.1 Å². The van der Waals surface area contributed by atoms with Crippen molar-refractivity contribution in [3.8, 4) is 0 Å². The van der Waals surface area contributed by atoms with Crippen LogP contribution in [0.15, 0.2) is 47.5 Å². The van der Waals surface area contributed by atoms with Crippen LogP contribution in [0.1, 0.15) is 5.69 Å². The van der Waals surface area contributed by atoms with Gasteiger partial charge in [0.15, 0.2) is 0 Å². The third-order valence-electron chi connectivity index (χ3n) is 3.07. The molecule has 2 N–H and O–H groups in total. The maximum absolute atomic E-state index is 13.2. The molecular weight excluding hydrogens is 293 g/mol. The van der Waals surface area contributed by atoms with Crippen molar-refractivity contribution < 1.29 is 12.8 Å². The summed E-state index contributed by atoms with van der Waals surface area (Å²) >= 11 is 0. The number of rotatable bonds is 5. The highest BCUT2D eigenvalue weighted by Crippen LogP contribution is 2.22. The first kappa shape index (κ1) is 15.4. The van der Waals surface area contributed by atoms with Crippen molar-refractivity contribution in [3.05, 3.63) is 54.1 Å². The number of benzene rings is 1. The summed E-state index contributed by atoms with van der Waals surface area (Å²) in [6, 6.07) is 8.74. The van der Waals surface area contributed by atoms with Crippen LogP contribution in [0.5, 0.6) is 0 Å². The maximum atomic E-state index is 13.2. The molecule has 0 amide bonds. The van der Waals surface area contributed by atoms with Gasteiger partial charge in [0.05, 0.1) is 5.69 Å². The minimum atomic E-state index is -3.82. The number of sulfonamides is 1. The van der Waals surface area contributed by atoms with Crippen molar-refractivity contribution >= 4 is 15.7 Å². The van der Waals surface area contributed by atoms with Gasteiger partial charge >= 0.3 is 0 Å². The quantitative estimate of drug-likeness (QED) is 0.852. The number of nitrogen functional groups attached to an aromatic ring is 1. The molecular formula is C14H16FN3O2S. The lowest BCUT2D eigenvalue weighted by molar-refractivity contribution is 0.470. The Morgan fingerprint density at radius 3 is 2.71 bits per heavy atom. The first-order valence-corrected chi connectivity index (χ1v) is 7.76. The molecule has 0 aliphatic rings. The molecule has 0 saturated heterocycles. The summed E-state index contributed by atoms with van der Waals surface area (Å²) in [6.07, 6.45) is 2.11. The van der Waals surface area contributed by atoms with Crippen LogP contribution in [0.25, 0.3) is 0 Å². The summed E-state index contributed by atoms with van der Waals surface area (Å²) in [6.45, 7) is 0.231. The first-order chi connectivity index (χ1) is 9.91. The minimum Gasteiger partial charge on any atom is -0.398 e. The van der Waals surface area contributed by atoms with Crippen LogP contribution in [0, 0.1) is 5.82 Å². The normalized spacial score (nSPS) is 11.8. The minimum absolute atomic E-state index is 0.0288. The molecule has 0 radical (unpaired) electrons. The fourth-order valence-electron chi connectivity index (χ4n) is 1.84. The van der Waals surface area contributed by atoms with Crippen LogP contribution in [-0.4, -0.2) is 31.3 Å². The average Bonchev–Trinajstić information content (AvgIpc) is 2.48. The topological polar surface area (TPSA) is 76.3 Å². The highest BCUT2D eigenvalue weighted by Gasteiger charge is 2.23. The predicted molar refractivity (Wildman–Crippen MR) is 78.6 cm³/mol. The van der Waals surface area contributed by atoms with E-state index in [0.717, 1.165) is 22.1 Å². The number of pyridine rings is 1. The van der Waals surface area contributed by atoms with Crippen molar-refractivity contribution in [2.24, 2.45) is 0 Å². The van der Waals surface area contributed by atoms with E-state index in [1.807, 2.05) is 12.1 Å². The van der Waals surface area contributed by atoms with E-state index in [0.29, 0.717) is 6.42 Å². The van der Waals surface area contributed by atoms with E-state index in [1.54, 1.807) is 12.3 Å². The molecule has 0 fully saturated rings. The molecule has 0 bridgehead atoms. The number of nitrogens with zero attached hydrogens (tertiary/aromatic N) is 2. The molecule has 112 valence electrons. The van der Waals surface area contributed by atoms with Gasteiger partial charge in [0.2, 0.25) is 10.0 Å². The van der Waals surface area contributed by atoms with Crippen LogP contribution >= 0.6 is 0 Å². The summed E-state index contributed by atoms with van der Waals surface area (Å²) in [5.74, 6) is -0.638. The van der Waals surface area contributed by atoms with Crippen molar-refractivity contribution in [1.29, 1.82) is 0 Å². The Kier molecular flexibility index (Phi) is 4.54. The molecule has 1 aromatic carbocycles. The SMILES string of the molecule is CN(CCc1ccccn1)S(=O)(=O)c1cc(F)ccc1N. The lowest BCUT2D eigenvalue weighted by Crippen LogP contribution is -2.29. The van der Waals surface area contributed by atoms with Crippen LogP contribution in [0.2, 0.25) is 0 Å². The number of likely N-dealkylation sites (N-methyl/N-ethyl adjacent to an activating group) is 1. The average molecular weight is 309 g/mol. The largest absolute Gasteiger partial charge is 0.398 e. The van der Waals surface area contributed by atoms with E-state index in [2.05, 4.69) is 4.98 Å². The monoisotopic (exact) mass is 309 g/mol. The third kappa shape index (κ3) is 3.56. The molecule has 5 nitrogen and oxygen atoms in total. The van der Waals surface area contributed by atoms with Gasteiger partial charge in [-0.05, 0) is 30.3 Å². The summed E-state index contributed by atoms with van der Waals surface area (Å²) in [7, 11) is -2.39. The first-order valence-electron chi connectivity index (χ1n) is 6.32. The fraction of sp³-hybridized carbons (Fsp3) is 0.214. The van der Waals surface area contributed by atoms with E-state index in [4.69, 9.17) is 5.73 Å². The van der Waals surface area contributed by atoms with Crippen LogP contribution < -0.4 is 5.73 Å². The van der Waals surface area contributed by atoms with Crippen LogP contribution in [0.3, 0.4) is 0 Å². The molecule has 0 saturated carbocycles. The van der Waals surface area contributed by atoms with Gasteiger partial charge in [-0.3, -0.25) is 4.98 Å². The number of hydrogen-bond donors (Lipinski definition) is 1. The molecule has 0 unspecified atom stereocenters. The molecule has 0 spiro atoms. The van der Waals surface area contributed by atoms with Gasteiger partial charge in [0, 0.05) is 31.9 Å². The highest BCUT2D eigenvalue weighted by molar-refractivity contribution is 7.89. The molecule has 0 atom stereocenters. The van der Waals surface area contributed by atoms with Gasteiger partial charge in [-0.1, -0.05) is 6.07 Å². The van der Waals surface area contributed by atoms with E-state index in [1.165, 1.54) is 13.1 Å². The number of nitrogens with two attached hydrogens (primary N) is 1. The van der Waals surface area contributed by atoms with Gasteiger partial charge in [0.25, 0.3) is 0 Å². The van der Waals surface area contributed by atoms with Crippen LogP contribution in [-0.2, 0) is 16.4 Å². The Morgan fingerprint density at radius 2 is 2.05 bits per heavy atom. The van der Waals surface area contributed by atoms with Gasteiger partial charge in [0.1, 0.15) is 10.7 Å². The van der Waals surface area contributed by atoms with E-state index >= 15 is 0 Å². The van der Waals surface area contributed by atoms with Crippen molar-refractivity contribution in [2.45, 2.75) is 11.3 Å². The van der Waals surface area contributed by atoms with Gasteiger partial charge < -0.3 is 5.73 Å². The molecule has 2 aromatic rings. The molecule has 0 aliphatic carbocycles. The smallest absolute Gasteiger partial charge is 0.244 e. The lowest BCUT2D eigenvalue weighted by Gasteiger charge is -2.18. The number of halogens is 1. The molecule has 2 rings (SSSR count). The Morgan fingerprint density at radius 1 is 1.29 bits per heavy atom. The fourth-order valence-corrected chi connectivity index (χ4v) is 3.13. The number of anilines is 1. The maximum Gasteiger partial charge on any atom is 0.244 e. The van der Waals surface area contributed by atoms with E-state index in [9.17, 15) is 12.8 Å². The summed E-state index contributed by atoms with van der Waals surface area (Å²) in [4.78, 5) is 3.91. The lowest BCUT2D eigenvalue weighted by atomic mass is 10.3. The zero-order chi connectivity index (χ0) is 15.5. The Labute approximate surface area is 123 Å². The third-order valence-corrected chi connectivity index (χ3v) is 4.99. The summed E-state index contributed by atoms with van der Waals surface area (Å²) < 4.78 is 39.2. The number of hydrogen-bond acceptors (Lipinski definition) is 4. The summed E-state index contributed by atoms with van der Waals surface area (Å²) in [5.41, 5.74) is 6.45. The zero-order valence-electron chi connectivity index (χ0n) is 11.5. The van der Waals surface area contributed by atoms with Gasteiger partial charge in [-0.15, -0.1) is 0 Å². The van der Waals surface area contributed by atoms with Crippen molar-refractivity contribution in [3.63, 3.8) is 0 Å². The van der Waals surface area contributed by atoms with Crippen LogP contribution in [0.4, 0.5) is 10.1 Å². The molecule has 21 heavy (non-hydrogen) atoms. The van der Waals surface area contributed by atoms with Gasteiger partial charge in [-0.2, -0.15) is 0 Å². The molecule has 7 heteroatoms. The number of aromatic nitrogens is 1. The van der Waals surface area contributed by atoms with Crippen molar-refractivity contribution in [2.75, 3.05) is 19.3 Å². The second-order valence-corrected chi connectivity index (χ2v) is 6.59. The second kappa shape index (κ2) is 6.19. The summed E-state index contributed by atoms with van der Waals surface area (Å²) in [5, 5.41) is 0. The molecule has 1 heterocycles.